The van der Waals surface area contributed by atoms with Gasteiger partial charge in [-0.05, 0) is 6.16 Å². The molecule has 0 radical (unpaired) electrons. The molecule has 0 aliphatic rings. The second-order valence-electron chi connectivity index (χ2n) is 0.250. The van der Waals surface area contributed by atoms with Gasteiger partial charge in [0.1, 0.15) is 0 Å². The van der Waals surface area contributed by atoms with E-state index in [2.05, 4.69) is 0 Å². The van der Waals surface area contributed by atoms with Crippen molar-refractivity contribution in [3.05, 3.63) is 0 Å². The summed E-state index contributed by atoms with van der Waals surface area (Å²) < 4.78 is 0. The first kappa shape index (κ1) is 45.3. The molecule has 0 aromatic heterocycles. The zero-order chi connectivity index (χ0) is 3.58. The Kier molecular flexibility index (Phi) is 167. The van der Waals surface area contributed by atoms with Crippen LogP contribution in [0.3, 0.4) is 0 Å². The molecule has 0 fully saturated rings. The predicted molar refractivity (Wildman–Crippen MR) is 24.0 cm³/mol. The van der Waals surface area contributed by atoms with E-state index in [0.717, 1.165) is 0 Å². The van der Waals surface area contributed by atoms with Crippen molar-refractivity contribution in [1.82, 2.24) is 0 Å². The largest absolute Gasteiger partial charge is 3.00 e. The summed E-state index contributed by atoms with van der Waals surface area (Å²) >= 11 is 0. The predicted octanol–water partition coefficient (Wildman–Crippen LogP) is -3.83. The molecule has 0 heterocycles. The van der Waals surface area contributed by atoms with Crippen LogP contribution in [0.4, 0.5) is 4.79 Å². The fraction of sp³-hybridized carbons (Fsp3) is 0. The van der Waals surface area contributed by atoms with Gasteiger partial charge in [0.2, 0.25) is 0 Å². The van der Waals surface area contributed by atoms with Gasteiger partial charge in [0, 0.05) is 0 Å². The van der Waals surface area contributed by atoms with E-state index in [1.165, 1.54) is 0 Å². The van der Waals surface area contributed by atoms with Gasteiger partial charge in [0.25, 0.3) is 0 Å². The maximum atomic E-state index is 8.33. The van der Waals surface area contributed by atoms with Crippen LogP contribution in [-0.4, -0.2) is 84.3 Å². The topological polar surface area (TPSA) is 120 Å². The summed E-state index contributed by atoms with van der Waals surface area (Å²) in [5.41, 5.74) is 0. The average molecular weight is 183 g/mol. The Morgan fingerprint density at radius 1 is 1.11 bits per heavy atom. The van der Waals surface area contributed by atoms with Crippen molar-refractivity contribution in [1.29, 1.82) is 0 Å². The Labute approximate surface area is 109 Å². The molecule has 0 amide bonds. The Hall–Kier alpha value is 1.75. The van der Waals surface area contributed by atoms with E-state index < -0.39 is 6.16 Å². The molecule has 0 saturated carbocycles. The summed E-state index contributed by atoms with van der Waals surface area (Å²) in [7, 11) is 0. The summed E-state index contributed by atoms with van der Waals surface area (Å²) in [4.78, 5) is 8.33. The minimum absolute atomic E-state index is 0. The van der Waals surface area contributed by atoms with E-state index in [4.69, 9.17) is 15.0 Å². The summed E-state index contributed by atoms with van der Waals surface area (Å²) in [5, 5.41) is 16.7. The zero-order valence-electron chi connectivity index (χ0n) is 4.53. The quantitative estimate of drug-likeness (QED) is 0.358. The third kappa shape index (κ3) is 191. The maximum Gasteiger partial charge on any atom is 3.00 e. The molecule has 0 aliphatic carbocycles. The minimum atomic E-state index is -2.33. The molecule has 0 rings (SSSR count). The molecule has 0 N–H and O–H groups in total. The fourth-order valence-electron chi connectivity index (χ4n) is 0. The average Bonchev–Trinajstić information content (AvgIpc) is 0.811. The van der Waals surface area contributed by atoms with Gasteiger partial charge in [-0.1, -0.05) is 0 Å². The van der Waals surface area contributed by atoms with Crippen molar-refractivity contribution in [3.63, 3.8) is 0 Å². The molecule has 0 bridgehead atoms. The van der Waals surface area contributed by atoms with Crippen molar-refractivity contribution in [3.8, 4) is 0 Å². The Morgan fingerprint density at radius 2 is 1.11 bits per heavy atom. The summed E-state index contributed by atoms with van der Waals surface area (Å²) in [6.07, 6.45) is -2.33. The molecule has 8 heteroatoms. The van der Waals surface area contributed by atoms with Gasteiger partial charge in [-0.15, -0.1) is 0 Å². The van der Waals surface area contributed by atoms with Gasteiger partial charge < -0.3 is 26.0 Å². The molecule has 0 saturated heterocycles. The van der Waals surface area contributed by atoms with Crippen LogP contribution in [-0.2, 0) is 11.0 Å². The third-order valence-electron chi connectivity index (χ3n) is 0. The van der Waals surface area contributed by atoms with Crippen molar-refractivity contribution < 1.29 is 26.0 Å². The first-order chi connectivity index (χ1) is 1.73. The number of carbonyl (C=O) groups excluding carboxylic acids is 1. The molecule has 0 aromatic carbocycles. The van der Waals surface area contributed by atoms with Gasteiger partial charge in [-0.25, -0.2) is 0 Å². The molecule has 0 aromatic rings. The summed E-state index contributed by atoms with van der Waals surface area (Å²) in [6, 6.07) is 0. The monoisotopic (exact) mass is 183 g/mol. The van der Waals surface area contributed by atoms with Crippen molar-refractivity contribution in [2.75, 3.05) is 0 Å². The Balaban J connectivity index is -0.00000000450. The van der Waals surface area contributed by atoms with E-state index in [0.29, 0.717) is 0 Å². The van der Waals surface area contributed by atoms with Crippen LogP contribution in [0.2, 0.25) is 0 Å². The van der Waals surface area contributed by atoms with E-state index in [9.17, 15) is 0 Å². The van der Waals surface area contributed by atoms with Crippen LogP contribution in [0.5, 0.6) is 0 Å². The molecule has 9 heavy (non-hydrogen) atoms. The Bertz CT molecular complexity index is 39.9. The molecule has 0 aliphatic heterocycles. The number of carbonyl (C=O) groups is 1. The van der Waals surface area contributed by atoms with Crippen LogP contribution in [0.15, 0.2) is 0 Å². The number of rotatable bonds is 0. The number of hydrogen-bond donors (Lipinski definition) is 0. The first-order valence-electron chi connectivity index (χ1n) is 0.612. The summed E-state index contributed by atoms with van der Waals surface area (Å²) in [6.45, 7) is 0. The molecule has 0 spiro atoms. The van der Waals surface area contributed by atoms with Gasteiger partial charge in [0.15, 0.2) is 0 Å². The van der Waals surface area contributed by atoms with Crippen molar-refractivity contribution in [2.45, 2.75) is 0 Å². The molecule has 0 atom stereocenters. The second kappa shape index (κ2) is 33.1. The molecule has 40 valence electrons. The maximum absolute atomic E-state index is 8.33. The SMILES string of the molecule is O=C([O-])[O-].[Al+3].[Ca+2].[Mg+2].[O-2].[O-2]. The van der Waals surface area contributed by atoms with Crippen molar-refractivity contribution in [2.24, 2.45) is 0 Å². The van der Waals surface area contributed by atoms with Crippen LogP contribution in [0, 0.1) is 0 Å². The summed E-state index contributed by atoms with van der Waals surface area (Å²) in [5.74, 6) is 0. The Morgan fingerprint density at radius 3 is 1.11 bits per heavy atom. The van der Waals surface area contributed by atoms with E-state index in [-0.39, 0.29) is 89.1 Å². The molecule has 0 unspecified atom stereocenters. The number of hydrogen-bond acceptors (Lipinski definition) is 3. The van der Waals surface area contributed by atoms with Crippen LogP contribution >= 0.6 is 0 Å². The number of carboxylic acid groups (broad SMARTS) is 2. The second-order valence-corrected chi connectivity index (χ2v) is 0.250. The standard InChI is InChI=1S/CH2O3.Al.Ca.Mg.2O/c2-1(3)4;;;;;/h(H2,2,3,4);;;;;/q;+3;2*+2;2*-2/p-2. The van der Waals surface area contributed by atoms with Crippen molar-refractivity contribution >= 4 is 84.3 Å². The molecule has 5 nitrogen and oxygen atoms in total. The van der Waals surface area contributed by atoms with E-state index >= 15 is 0 Å². The minimum Gasteiger partial charge on any atom is -2.00 e. The van der Waals surface area contributed by atoms with Gasteiger partial charge in [0.05, 0.1) is 0 Å². The third-order valence-corrected chi connectivity index (χ3v) is 0. The normalized spacial score (nSPS) is 2.67. The smallest absolute Gasteiger partial charge is 2.00 e. The zero-order valence-corrected chi connectivity index (χ0v) is 9.31. The molecular formula is CAlCaMgO5+. The van der Waals surface area contributed by atoms with Gasteiger partial charge in [-0.3, -0.25) is 0 Å². The fourth-order valence-corrected chi connectivity index (χ4v) is 0. The van der Waals surface area contributed by atoms with Gasteiger partial charge >= 0.3 is 78.2 Å². The van der Waals surface area contributed by atoms with Gasteiger partial charge in [-0.2, -0.15) is 0 Å². The van der Waals surface area contributed by atoms with E-state index in [1.807, 2.05) is 0 Å². The van der Waals surface area contributed by atoms with Crippen LogP contribution in [0.1, 0.15) is 0 Å². The first-order valence-corrected chi connectivity index (χ1v) is 0.612. The van der Waals surface area contributed by atoms with Crippen LogP contribution < -0.4 is 10.2 Å². The molecular weight excluding hydrogens is 183 g/mol. The van der Waals surface area contributed by atoms with Crippen LogP contribution in [0.25, 0.3) is 0 Å². The van der Waals surface area contributed by atoms with E-state index in [1.54, 1.807) is 0 Å².